The quantitative estimate of drug-likeness (QED) is 0.448. The first kappa shape index (κ1) is 28.2. The van der Waals surface area contributed by atoms with Crippen molar-refractivity contribution in [2.45, 2.75) is 71.2 Å². The van der Waals surface area contributed by atoms with Crippen LogP contribution in [0.15, 0.2) is 30.6 Å². The molecule has 12 heteroatoms. The highest BCUT2D eigenvalue weighted by atomic mass is 19.1. The molecule has 3 aliphatic heterocycles. The van der Waals surface area contributed by atoms with E-state index in [-0.39, 0.29) is 24.1 Å². The number of rotatable bonds is 3. The van der Waals surface area contributed by atoms with Gasteiger partial charge in [-0.25, -0.2) is 23.6 Å². The van der Waals surface area contributed by atoms with Crippen molar-refractivity contribution < 1.29 is 23.5 Å². The van der Waals surface area contributed by atoms with Crippen LogP contribution in [0.1, 0.15) is 58.7 Å². The van der Waals surface area contributed by atoms with E-state index >= 15 is 4.39 Å². The number of ether oxygens (including phenoxy) is 2. The molecular formula is C30H38FN7O4. The number of carbonyl (C=O) groups excluding carboxylic acids is 2. The summed E-state index contributed by atoms with van der Waals surface area (Å²) in [6.45, 7) is 10.5. The SMILES string of the molecule is C[C@H]1CN(c2ccnc3c2CCN3C(=O)Nc2cc3cn(C4CCCCO4)nc3cc2F)CCN1C(=O)OC(C)(C)C. The van der Waals surface area contributed by atoms with Crippen LogP contribution in [0, 0.1) is 5.82 Å². The van der Waals surface area contributed by atoms with E-state index in [4.69, 9.17) is 9.47 Å². The second-order valence-corrected chi connectivity index (χ2v) is 12.3. The average molecular weight is 580 g/mol. The highest BCUT2D eigenvalue weighted by Gasteiger charge is 2.34. The summed E-state index contributed by atoms with van der Waals surface area (Å²) in [5.41, 5.74) is 2.02. The van der Waals surface area contributed by atoms with Gasteiger partial charge < -0.3 is 24.6 Å². The van der Waals surface area contributed by atoms with E-state index in [0.29, 0.717) is 50.5 Å². The molecule has 11 nitrogen and oxygen atoms in total. The Morgan fingerprint density at radius 1 is 1.17 bits per heavy atom. The standard InChI is InChI=1S/C30H38FN7O4/c1-19-17-35(12-13-36(19)29(40)42-30(2,3)4)25-8-10-32-27-21(25)9-11-37(27)28(39)33-24-15-20-18-38(26-7-5-6-14-41-26)34-23(20)16-22(24)31/h8,10,15-16,18-19,26H,5-7,9,11-14,17H2,1-4H3,(H,33,39)/t19-,26?/m0/s1. The Balaban J connectivity index is 1.16. The first-order chi connectivity index (χ1) is 20.1. The van der Waals surface area contributed by atoms with Crippen LogP contribution < -0.4 is 15.1 Å². The van der Waals surface area contributed by atoms with Gasteiger partial charge in [-0.05, 0) is 65.5 Å². The zero-order valence-electron chi connectivity index (χ0n) is 24.6. The number of hydrogen-bond acceptors (Lipinski definition) is 7. The summed E-state index contributed by atoms with van der Waals surface area (Å²) in [5.74, 6) is 0.0135. The lowest BCUT2D eigenvalue weighted by Gasteiger charge is -2.41. The molecule has 1 unspecified atom stereocenters. The zero-order valence-corrected chi connectivity index (χ0v) is 24.6. The van der Waals surface area contributed by atoms with Crippen molar-refractivity contribution in [1.82, 2.24) is 19.7 Å². The number of halogens is 1. The number of anilines is 3. The summed E-state index contributed by atoms with van der Waals surface area (Å²) in [6.07, 6.45) is 6.65. The summed E-state index contributed by atoms with van der Waals surface area (Å²) in [5, 5.41) is 7.97. The van der Waals surface area contributed by atoms with Gasteiger partial charge in [-0.3, -0.25) is 4.90 Å². The molecule has 3 aromatic rings. The van der Waals surface area contributed by atoms with E-state index in [0.717, 1.165) is 35.9 Å². The maximum atomic E-state index is 15.1. The number of hydrogen-bond donors (Lipinski definition) is 1. The molecule has 1 aromatic carbocycles. The molecule has 224 valence electrons. The van der Waals surface area contributed by atoms with Crippen LogP contribution in [0.2, 0.25) is 0 Å². The van der Waals surface area contributed by atoms with E-state index < -0.39 is 17.4 Å². The molecule has 3 aliphatic rings. The molecule has 0 saturated carbocycles. The lowest BCUT2D eigenvalue weighted by molar-refractivity contribution is -0.0390. The predicted molar refractivity (Wildman–Crippen MR) is 157 cm³/mol. The van der Waals surface area contributed by atoms with Crippen LogP contribution >= 0.6 is 0 Å². The Bertz CT molecular complexity index is 1500. The van der Waals surface area contributed by atoms with Gasteiger partial charge in [-0.2, -0.15) is 5.10 Å². The smallest absolute Gasteiger partial charge is 0.410 e. The van der Waals surface area contributed by atoms with Crippen LogP contribution in [-0.4, -0.2) is 76.2 Å². The van der Waals surface area contributed by atoms with Gasteiger partial charge in [0.25, 0.3) is 0 Å². The van der Waals surface area contributed by atoms with Gasteiger partial charge in [0.15, 0.2) is 0 Å². The fourth-order valence-corrected chi connectivity index (χ4v) is 5.96. The number of pyridine rings is 1. The van der Waals surface area contributed by atoms with Gasteiger partial charge in [0.05, 0.1) is 11.2 Å². The van der Waals surface area contributed by atoms with Crippen LogP contribution in [0.4, 0.5) is 31.2 Å². The molecule has 0 aliphatic carbocycles. The Morgan fingerprint density at radius 2 is 2.00 bits per heavy atom. The summed E-state index contributed by atoms with van der Waals surface area (Å²) in [7, 11) is 0. The van der Waals surface area contributed by atoms with Gasteiger partial charge in [-0.1, -0.05) is 0 Å². The maximum absolute atomic E-state index is 15.1. The fraction of sp³-hybridized carbons (Fsp3) is 0.533. The molecule has 0 radical (unpaired) electrons. The minimum absolute atomic E-state index is 0.0508. The average Bonchev–Trinajstić information content (AvgIpc) is 3.57. The molecule has 2 atom stereocenters. The Morgan fingerprint density at radius 3 is 2.74 bits per heavy atom. The third-order valence-electron chi connectivity index (χ3n) is 7.99. The van der Waals surface area contributed by atoms with Crippen molar-refractivity contribution >= 4 is 40.2 Å². The van der Waals surface area contributed by atoms with E-state index in [1.807, 2.05) is 40.0 Å². The first-order valence-electron chi connectivity index (χ1n) is 14.7. The molecule has 42 heavy (non-hydrogen) atoms. The summed E-state index contributed by atoms with van der Waals surface area (Å²) >= 11 is 0. The van der Waals surface area contributed by atoms with Crippen molar-refractivity contribution in [2.24, 2.45) is 0 Å². The van der Waals surface area contributed by atoms with Crippen molar-refractivity contribution in [3.63, 3.8) is 0 Å². The largest absolute Gasteiger partial charge is 0.444 e. The molecular weight excluding hydrogens is 541 g/mol. The monoisotopic (exact) mass is 579 g/mol. The summed E-state index contributed by atoms with van der Waals surface area (Å²) < 4.78 is 28.2. The van der Waals surface area contributed by atoms with E-state index in [9.17, 15) is 9.59 Å². The molecule has 3 amide bonds. The van der Waals surface area contributed by atoms with Crippen LogP contribution in [-0.2, 0) is 15.9 Å². The van der Waals surface area contributed by atoms with E-state index in [1.165, 1.54) is 6.07 Å². The Labute approximate surface area is 244 Å². The lowest BCUT2D eigenvalue weighted by atomic mass is 10.1. The number of piperazine rings is 1. The molecule has 0 bridgehead atoms. The number of nitrogens with zero attached hydrogens (tertiary/aromatic N) is 6. The molecule has 6 rings (SSSR count). The lowest BCUT2D eigenvalue weighted by Crippen LogP contribution is -2.55. The van der Waals surface area contributed by atoms with Crippen molar-refractivity contribution in [3.05, 3.63) is 42.0 Å². The Hall–Kier alpha value is -3.93. The first-order valence-corrected chi connectivity index (χ1v) is 14.7. The normalized spacial score (nSPS) is 21.0. The minimum atomic E-state index is -0.552. The number of urea groups is 1. The molecule has 2 saturated heterocycles. The third kappa shape index (κ3) is 5.59. The number of fused-ring (bicyclic) bond motifs is 2. The third-order valence-corrected chi connectivity index (χ3v) is 7.99. The number of nitrogens with one attached hydrogen (secondary N) is 1. The number of benzene rings is 1. The number of carbonyl (C=O) groups is 2. The van der Waals surface area contributed by atoms with E-state index in [1.54, 1.807) is 26.7 Å². The Kier molecular flexibility index (Phi) is 7.42. The van der Waals surface area contributed by atoms with Gasteiger partial charge in [0.1, 0.15) is 23.5 Å². The van der Waals surface area contributed by atoms with Crippen molar-refractivity contribution in [1.29, 1.82) is 0 Å². The molecule has 2 aromatic heterocycles. The zero-order chi connectivity index (χ0) is 29.6. The second kappa shape index (κ2) is 11.0. The summed E-state index contributed by atoms with van der Waals surface area (Å²) in [4.78, 5) is 36.1. The maximum Gasteiger partial charge on any atom is 0.410 e. The topological polar surface area (TPSA) is 105 Å². The van der Waals surface area contributed by atoms with Crippen LogP contribution in [0.5, 0.6) is 0 Å². The molecule has 0 spiro atoms. The number of amides is 3. The fourth-order valence-electron chi connectivity index (χ4n) is 5.96. The van der Waals surface area contributed by atoms with Gasteiger partial charge >= 0.3 is 12.1 Å². The van der Waals surface area contributed by atoms with Crippen molar-refractivity contribution in [2.75, 3.05) is 47.9 Å². The van der Waals surface area contributed by atoms with Gasteiger partial charge in [0.2, 0.25) is 0 Å². The van der Waals surface area contributed by atoms with Crippen LogP contribution in [0.25, 0.3) is 10.9 Å². The van der Waals surface area contributed by atoms with Gasteiger partial charge in [0, 0.05) is 73.9 Å². The van der Waals surface area contributed by atoms with Gasteiger partial charge in [-0.15, -0.1) is 0 Å². The van der Waals surface area contributed by atoms with Crippen LogP contribution in [0.3, 0.4) is 0 Å². The summed E-state index contributed by atoms with van der Waals surface area (Å²) in [6, 6.07) is 4.42. The second-order valence-electron chi connectivity index (χ2n) is 12.3. The van der Waals surface area contributed by atoms with E-state index in [2.05, 4.69) is 20.3 Å². The van der Waals surface area contributed by atoms with Crippen molar-refractivity contribution in [3.8, 4) is 0 Å². The molecule has 5 heterocycles. The highest BCUT2D eigenvalue weighted by Crippen LogP contribution is 2.36. The molecule has 1 N–H and O–H groups in total. The number of aromatic nitrogens is 3. The predicted octanol–water partition coefficient (Wildman–Crippen LogP) is 5.31. The highest BCUT2D eigenvalue weighted by molar-refractivity contribution is 6.04. The molecule has 2 fully saturated rings. The minimum Gasteiger partial charge on any atom is -0.444 e.